The first-order chi connectivity index (χ1) is 9.06. The summed E-state index contributed by atoms with van der Waals surface area (Å²) in [5, 5.41) is 3.69. The minimum Gasteiger partial charge on any atom is -0.354 e. The highest BCUT2D eigenvalue weighted by molar-refractivity contribution is 5.02. The van der Waals surface area contributed by atoms with Crippen LogP contribution in [-0.2, 0) is 4.74 Å². The molecule has 19 heavy (non-hydrogen) atoms. The lowest BCUT2D eigenvalue weighted by Gasteiger charge is -2.15. The minimum absolute atomic E-state index is 0.208. The van der Waals surface area contributed by atoms with Crippen molar-refractivity contribution >= 4 is 0 Å². The zero-order valence-electron chi connectivity index (χ0n) is 10.7. The molecule has 1 aromatic heterocycles. The van der Waals surface area contributed by atoms with Crippen molar-refractivity contribution in [1.29, 1.82) is 0 Å². The molecule has 1 aromatic rings. The second-order valence-corrected chi connectivity index (χ2v) is 4.52. The summed E-state index contributed by atoms with van der Waals surface area (Å²) in [6, 6.07) is -0.292. The predicted molar refractivity (Wildman–Crippen MR) is 67.8 cm³/mol. The molecule has 0 spiro atoms. The Bertz CT molecular complexity index is 628. The van der Waals surface area contributed by atoms with Crippen LogP contribution in [0.25, 0.3) is 10.4 Å². The fourth-order valence-electron chi connectivity index (χ4n) is 2.24. The smallest absolute Gasteiger partial charge is 0.330 e. The van der Waals surface area contributed by atoms with Gasteiger partial charge in [-0.25, -0.2) is 4.79 Å². The lowest BCUT2D eigenvalue weighted by molar-refractivity contribution is -0.00417. The van der Waals surface area contributed by atoms with Crippen LogP contribution in [0.1, 0.15) is 31.6 Å². The number of nitrogens with zero attached hydrogens (tertiary/aromatic N) is 4. The third-order valence-electron chi connectivity index (χ3n) is 3.26. The Hall–Kier alpha value is -2.05. The molecule has 8 nitrogen and oxygen atoms in total. The summed E-state index contributed by atoms with van der Waals surface area (Å²) >= 11 is 0. The van der Waals surface area contributed by atoms with Gasteiger partial charge in [-0.15, -0.1) is 0 Å². The molecule has 3 atom stereocenters. The van der Waals surface area contributed by atoms with Crippen LogP contribution in [-0.4, -0.2) is 21.7 Å². The van der Waals surface area contributed by atoms with Crippen LogP contribution in [0.5, 0.6) is 0 Å². The summed E-state index contributed by atoms with van der Waals surface area (Å²) in [5.74, 6) is 0. The quantitative estimate of drug-likeness (QED) is 0.503. The van der Waals surface area contributed by atoms with E-state index >= 15 is 0 Å². The van der Waals surface area contributed by atoms with Gasteiger partial charge in [0.15, 0.2) is 0 Å². The average molecular weight is 265 g/mol. The van der Waals surface area contributed by atoms with Crippen molar-refractivity contribution in [1.82, 2.24) is 9.55 Å². The van der Waals surface area contributed by atoms with Gasteiger partial charge in [-0.05, 0) is 18.9 Å². The Morgan fingerprint density at radius 1 is 1.63 bits per heavy atom. The fourth-order valence-corrected chi connectivity index (χ4v) is 2.24. The summed E-state index contributed by atoms with van der Waals surface area (Å²) in [5.41, 5.74) is 8.03. The first kappa shape index (κ1) is 13.4. The van der Waals surface area contributed by atoms with Crippen LogP contribution in [0.15, 0.2) is 20.9 Å². The topological polar surface area (TPSA) is 113 Å². The molecule has 1 saturated heterocycles. The van der Waals surface area contributed by atoms with Gasteiger partial charge < -0.3 is 4.74 Å². The molecule has 0 bridgehead atoms. The molecular formula is C11H15N5O3. The van der Waals surface area contributed by atoms with Gasteiger partial charge in [0.2, 0.25) is 0 Å². The number of hydrogen-bond donors (Lipinski definition) is 1. The molecule has 1 unspecified atom stereocenters. The molecule has 102 valence electrons. The monoisotopic (exact) mass is 265 g/mol. The number of azide groups is 1. The molecule has 0 aromatic carbocycles. The van der Waals surface area contributed by atoms with Crippen molar-refractivity contribution in [3.05, 3.63) is 43.0 Å². The van der Waals surface area contributed by atoms with Gasteiger partial charge in [-0.1, -0.05) is 12.0 Å². The molecule has 0 amide bonds. The van der Waals surface area contributed by atoms with Crippen LogP contribution in [0, 0.1) is 6.92 Å². The molecule has 0 radical (unpaired) electrons. The average Bonchev–Trinajstić information content (AvgIpc) is 2.77. The van der Waals surface area contributed by atoms with E-state index in [1.807, 2.05) is 6.92 Å². The summed E-state index contributed by atoms with van der Waals surface area (Å²) in [4.78, 5) is 28.1. The van der Waals surface area contributed by atoms with E-state index in [2.05, 4.69) is 15.0 Å². The Labute approximate surface area is 108 Å². The number of ether oxygens (including phenoxy) is 1. The Morgan fingerprint density at radius 3 is 3.00 bits per heavy atom. The van der Waals surface area contributed by atoms with Crippen molar-refractivity contribution < 1.29 is 4.74 Å². The van der Waals surface area contributed by atoms with Gasteiger partial charge in [-0.2, -0.15) is 0 Å². The first-order valence-corrected chi connectivity index (χ1v) is 6.08. The molecule has 0 saturated carbocycles. The SMILES string of the molecule is CC[C@H]1O[C@@H](n2cc(C)c(=O)[nH]c2=O)CC1N=[N+]=[N-]. The number of hydrogen-bond acceptors (Lipinski definition) is 4. The van der Waals surface area contributed by atoms with E-state index in [4.69, 9.17) is 10.3 Å². The van der Waals surface area contributed by atoms with Crippen LogP contribution in [0.3, 0.4) is 0 Å². The maximum Gasteiger partial charge on any atom is 0.330 e. The van der Waals surface area contributed by atoms with E-state index in [0.29, 0.717) is 18.4 Å². The molecule has 0 aliphatic carbocycles. The second kappa shape index (κ2) is 5.29. The van der Waals surface area contributed by atoms with Gasteiger partial charge >= 0.3 is 5.69 Å². The number of rotatable bonds is 3. The Kier molecular flexibility index (Phi) is 3.73. The zero-order chi connectivity index (χ0) is 14.0. The number of aromatic amines is 1. The maximum atomic E-state index is 11.8. The van der Waals surface area contributed by atoms with Gasteiger partial charge in [-0.3, -0.25) is 14.3 Å². The number of aryl methyl sites for hydroxylation is 1. The third-order valence-corrected chi connectivity index (χ3v) is 3.26. The highest BCUT2D eigenvalue weighted by Gasteiger charge is 2.34. The van der Waals surface area contributed by atoms with E-state index in [1.165, 1.54) is 10.8 Å². The molecule has 1 fully saturated rings. The Morgan fingerprint density at radius 2 is 2.37 bits per heavy atom. The molecule has 1 N–H and O–H groups in total. The molecule has 2 rings (SSSR count). The highest BCUT2D eigenvalue weighted by Crippen LogP contribution is 2.31. The summed E-state index contributed by atoms with van der Waals surface area (Å²) in [6.07, 6.45) is 1.87. The van der Waals surface area contributed by atoms with Crippen molar-refractivity contribution in [2.75, 3.05) is 0 Å². The van der Waals surface area contributed by atoms with E-state index in [-0.39, 0.29) is 12.1 Å². The number of nitrogens with one attached hydrogen (secondary N) is 1. The molecule has 1 aliphatic heterocycles. The minimum atomic E-state index is -0.517. The number of H-pyrrole nitrogens is 1. The molecular weight excluding hydrogens is 250 g/mol. The van der Waals surface area contributed by atoms with Crippen molar-refractivity contribution in [3.8, 4) is 0 Å². The second-order valence-electron chi connectivity index (χ2n) is 4.52. The summed E-state index contributed by atoms with van der Waals surface area (Å²) < 4.78 is 7.05. The van der Waals surface area contributed by atoms with E-state index in [9.17, 15) is 9.59 Å². The summed E-state index contributed by atoms with van der Waals surface area (Å²) in [7, 11) is 0. The summed E-state index contributed by atoms with van der Waals surface area (Å²) in [6.45, 7) is 3.54. The van der Waals surface area contributed by atoms with Crippen LogP contribution < -0.4 is 11.2 Å². The van der Waals surface area contributed by atoms with Crippen LogP contribution >= 0.6 is 0 Å². The van der Waals surface area contributed by atoms with Crippen molar-refractivity contribution in [2.45, 2.75) is 45.1 Å². The maximum absolute atomic E-state index is 11.8. The largest absolute Gasteiger partial charge is 0.354 e. The van der Waals surface area contributed by atoms with Gasteiger partial charge in [0, 0.05) is 23.1 Å². The third kappa shape index (κ3) is 2.54. The van der Waals surface area contributed by atoms with E-state index in [0.717, 1.165) is 0 Å². The molecule has 8 heteroatoms. The van der Waals surface area contributed by atoms with Crippen LogP contribution in [0.2, 0.25) is 0 Å². The lowest BCUT2D eigenvalue weighted by atomic mass is 10.1. The number of aromatic nitrogens is 2. The highest BCUT2D eigenvalue weighted by atomic mass is 16.5. The van der Waals surface area contributed by atoms with Gasteiger partial charge in [0.05, 0.1) is 12.1 Å². The van der Waals surface area contributed by atoms with Crippen molar-refractivity contribution in [3.63, 3.8) is 0 Å². The van der Waals surface area contributed by atoms with E-state index in [1.54, 1.807) is 6.92 Å². The predicted octanol–water partition coefficient (Wildman–Crippen LogP) is 1.22. The van der Waals surface area contributed by atoms with Gasteiger partial charge in [0.1, 0.15) is 6.23 Å². The normalized spacial score (nSPS) is 26.1. The first-order valence-electron chi connectivity index (χ1n) is 6.08. The standard InChI is InChI=1S/C11H15N5O3/c1-3-8-7(14-15-12)4-9(19-8)16-5-6(2)10(17)13-11(16)18/h5,7-9H,3-4H2,1-2H3,(H,13,17,18)/t7?,8-,9-/m1/s1. The van der Waals surface area contributed by atoms with Crippen LogP contribution in [0.4, 0.5) is 0 Å². The Balaban J connectivity index is 2.34. The molecule has 2 heterocycles. The van der Waals surface area contributed by atoms with Gasteiger partial charge in [0.25, 0.3) is 5.56 Å². The zero-order valence-corrected chi connectivity index (χ0v) is 10.7. The fraction of sp³-hybridized carbons (Fsp3) is 0.636. The van der Waals surface area contributed by atoms with Crippen molar-refractivity contribution in [2.24, 2.45) is 5.11 Å². The molecule has 1 aliphatic rings. The van der Waals surface area contributed by atoms with E-state index < -0.39 is 17.5 Å². The lowest BCUT2D eigenvalue weighted by Crippen LogP contribution is -2.33.